The molecule has 0 bridgehead atoms. The lowest BCUT2D eigenvalue weighted by atomic mass is 10.1. The number of carbonyl (C=O) groups is 1. The van der Waals surface area contributed by atoms with Gasteiger partial charge >= 0.3 is 5.97 Å². The fourth-order valence-electron chi connectivity index (χ4n) is 1.13. The van der Waals surface area contributed by atoms with Crippen molar-refractivity contribution in [2.75, 3.05) is 26.2 Å². The predicted octanol–water partition coefficient (Wildman–Crippen LogP) is -0.386. The van der Waals surface area contributed by atoms with Crippen molar-refractivity contribution in [2.45, 2.75) is 13.0 Å². The standard InChI is InChI=1S/C7H14N2O2.ClH/c1-2-11-7(10)5-9-3-6(8)4-9;/h6H,2-5,8H2,1H3;1H. The van der Waals surface area contributed by atoms with E-state index in [0.717, 1.165) is 13.1 Å². The second-order valence-electron chi connectivity index (χ2n) is 2.76. The minimum absolute atomic E-state index is 0. The Bertz CT molecular complexity index is 148. The highest BCUT2D eigenvalue weighted by Crippen LogP contribution is 2.03. The van der Waals surface area contributed by atoms with Crippen LogP contribution in [0.2, 0.25) is 0 Å². The SMILES string of the molecule is CCOC(=O)CN1CC(N)C1.Cl. The summed E-state index contributed by atoms with van der Waals surface area (Å²) in [5, 5.41) is 0. The number of halogens is 1. The molecule has 1 heterocycles. The third-order valence-electron chi connectivity index (χ3n) is 1.64. The van der Waals surface area contributed by atoms with Gasteiger partial charge in [-0.05, 0) is 6.92 Å². The second kappa shape index (κ2) is 5.35. The van der Waals surface area contributed by atoms with E-state index in [4.69, 9.17) is 10.5 Å². The Morgan fingerprint density at radius 2 is 2.25 bits per heavy atom. The van der Waals surface area contributed by atoms with Gasteiger partial charge in [-0.15, -0.1) is 12.4 Å². The lowest BCUT2D eigenvalue weighted by Gasteiger charge is -2.35. The molecule has 0 atom stereocenters. The van der Waals surface area contributed by atoms with E-state index >= 15 is 0 Å². The number of likely N-dealkylation sites (tertiary alicyclic amines) is 1. The third-order valence-corrected chi connectivity index (χ3v) is 1.64. The Balaban J connectivity index is 0.00000121. The van der Waals surface area contributed by atoms with Crippen LogP contribution in [-0.2, 0) is 9.53 Å². The zero-order valence-corrected chi connectivity index (χ0v) is 7.97. The van der Waals surface area contributed by atoms with E-state index in [9.17, 15) is 4.79 Å². The number of hydrogen-bond acceptors (Lipinski definition) is 4. The van der Waals surface area contributed by atoms with Crippen molar-refractivity contribution in [2.24, 2.45) is 5.73 Å². The summed E-state index contributed by atoms with van der Waals surface area (Å²) in [6, 6.07) is 0.254. The van der Waals surface area contributed by atoms with Crippen molar-refractivity contribution < 1.29 is 9.53 Å². The Labute approximate surface area is 78.5 Å². The van der Waals surface area contributed by atoms with Crippen molar-refractivity contribution in [3.8, 4) is 0 Å². The molecule has 0 aliphatic carbocycles. The van der Waals surface area contributed by atoms with Crippen molar-refractivity contribution in [3.05, 3.63) is 0 Å². The first-order chi connectivity index (χ1) is 5.22. The second-order valence-corrected chi connectivity index (χ2v) is 2.76. The lowest BCUT2D eigenvalue weighted by Crippen LogP contribution is -2.57. The maximum Gasteiger partial charge on any atom is 0.320 e. The maximum absolute atomic E-state index is 10.8. The van der Waals surface area contributed by atoms with Gasteiger partial charge in [-0.2, -0.15) is 0 Å². The monoisotopic (exact) mass is 194 g/mol. The van der Waals surface area contributed by atoms with Crippen LogP contribution in [-0.4, -0.2) is 43.2 Å². The molecular weight excluding hydrogens is 180 g/mol. The molecule has 1 fully saturated rings. The van der Waals surface area contributed by atoms with Crippen LogP contribution >= 0.6 is 12.4 Å². The van der Waals surface area contributed by atoms with E-state index in [0.29, 0.717) is 13.2 Å². The molecule has 2 N–H and O–H groups in total. The van der Waals surface area contributed by atoms with Gasteiger partial charge in [-0.1, -0.05) is 0 Å². The van der Waals surface area contributed by atoms with E-state index in [1.165, 1.54) is 0 Å². The molecule has 0 radical (unpaired) electrons. The summed E-state index contributed by atoms with van der Waals surface area (Å²) in [4.78, 5) is 12.8. The summed E-state index contributed by atoms with van der Waals surface area (Å²) in [7, 11) is 0. The molecule has 12 heavy (non-hydrogen) atoms. The van der Waals surface area contributed by atoms with Gasteiger partial charge in [0, 0.05) is 19.1 Å². The number of rotatable bonds is 3. The summed E-state index contributed by atoms with van der Waals surface area (Å²) in [5.74, 6) is -0.153. The molecule has 1 aliphatic rings. The van der Waals surface area contributed by atoms with Gasteiger partial charge in [-0.3, -0.25) is 9.69 Å². The number of esters is 1. The zero-order chi connectivity index (χ0) is 8.27. The molecular formula is C7H15ClN2O2. The van der Waals surface area contributed by atoms with Crippen LogP contribution in [0, 0.1) is 0 Å². The van der Waals surface area contributed by atoms with E-state index in [2.05, 4.69) is 0 Å². The summed E-state index contributed by atoms with van der Waals surface area (Å²) in [5.41, 5.74) is 5.52. The van der Waals surface area contributed by atoms with Crippen molar-refractivity contribution in [1.82, 2.24) is 4.90 Å². The van der Waals surface area contributed by atoms with Gasteiger partial charge in [0.05, 0.1) is 13.2 Å². The molecule has 1 rings (SSSR count). The zero-order valence-electron chi connectivity index (χ0n) is 7.16. The van der Waals surface area contributed by atoms with Gasteiger partial charge < -0.3 is 10.5 Å². The molecule has 0 unspecified atom stereocenters. The first kappa shape index (κ1) is 11.7. The Morgan fingerprint density at radius 3 is 2.67 bits per heavy atom. The van der Waals surface area contributed by atoms with Crippen LogP contribution in [0.1, 0.15) is 6.92 Å². The number of nitrogens with two attached hydrogens (primary N) is 1. The number of carbonyl (C=O) groups excluding carboxylic acids is 1. The van der Waals surface area contributed by atoms with Gasteiger partial charge in [-0.25, -0.2) is 0 Å². The summed E-state index contributed by atoms with van der Waals surface area (Å²) in [6.07, 6.45) is 0. The maximum atomic E-state index is 10.8. The Morgan fingerprint density at radius 1 is 1.67 bits per heavy atom. The number of ether oxygens (including phenoxy) is 1. The van der Waals surface area contributed by atoms with E-state index in [-0.39, 0.29) is 24.4 Å². The summed E-state index contributed by atoms with van der Waals surface area (Å²) < 4.78 is 4.76. The van der Waals surface area contributed by atoms with Gasteiger partial charge in [0.25, 0.3) is 0 Å². The quantitative estimate of drug-likeness (QED) is 0.622. The minimum Gasteiger partial charge on any atom is -0.465 e. The van der Waals surface area contributed by atoms with Gasteiger partial charge in [0.1, 0.15) is 0 Å². The highest BCUT2D eigenvalue weighted by atomic mass is 35.5. The minimum atomic E-state index is -0.153. The van der Waals surface area contributed by atoms with E-state index in [1.54, 1.807) is 6.92 Å². The molecule has 1 saturated heterocycles. The van der Waals surface area contributed by atoms with Gasteiger partial charge in [0.2, 0.25) is 0 Å². The molecule has 72 valence electrons. The molecule has 0 saturated carbocycles. The van der Waals surface area contributed by atoms with Crippen LogP contribution in [0.5, 0.6) is 0 Å². The fraction of sp³-hybridized carbons (Fsp3) is 0.857. The third kappa shape index (κ3) is 3.38. The van der Waals surface area contributed by atoms with Crippen molar-refractivity contribution in [1.29, 1.82) is 0 Å². The first-order valence-corrected chi connectivity index (χ1v) is 3.86. The highest BCUT2D eigenvalue weighted by Gasteiger charge is 2.24. The molecule has 4 nitrogen and oxygen atoms in total. The van der Waals surface area contributed by atoms with Crippen LogP contribution in [0.3, 0.4) is 0 Å². The Kier molecular flexibility index (Phi) is 5.20. The van der Waals surface area contributed by atoms with Crippen molar-refractivity contribution >= 4 is 18.4 Å². The molecule has 0 aromatic carbocycles. The van der Waals surface area contributed by atoms with Crippen LogP contribution in [0.4, 0.5) is 0 Å². The smallest absolute Gasteiger partial charge is 0.320 e. The van der Waals surface area contributed by atoms with Gasteiger partial charge in [0.15, 0.2) is 0 Å². The number of hydrogen-bond donors (Lipinski definition) is 1. The molecule has 0 aromatic rings. The van der Waals surface area contributed by atoms with Crippen molar-refractivity contribution in [3.63, 3.8) is 0 Å². The van der Waals surface area contributed by atoms with Crippen LogP contribution in [0.15, 0.2) is 0 Å². The highest BCUT2D eigenvalue weighted by molar-refractivity contribution is 5.85. The predicted molar refractivity (Wildman–Crippen MR) is 48.3 cm³/mol. The molecule has 0 aromatic heterocycles. The lowest BCUT2D eigenvalue weighted by molar-refractivity contribution is -0.145. The topological polar surface area (TPSA) is 55.6 Å². The summed E-state index contributed by atoms with van der Waals surface area (Å²) >= 11 is 0. The van der Waals surface area contributed by atoms with Crippen LogP contribution < -0.4 is 5.73 Å². The number of nitrogens with zero attached hydrogens (tertiary/aromatic N) is 1. The largest absolute Gasteiger partial charge is 0.465 e. The molecule has 5 heteroatoms. The first-order valence-electron chi connectivity index (χ1n) is 3.86. The fourth-order valence-corrected chi connectivity index (χ4v) is 1.13. The van der Waals surface area contributed by atoms with Crippen LogP contribution in [0.25, 0.3) is 0 Å². The average Bonchev–Trinajstić information content (AvgIpc) is 1.85. The molecule has 1 aliphatic heterocycles. The van der Waals surface area contributed by atoms with E-state index < -0.39 is 0 Å². The average molecular weight is 195 g/mol. The Hall–Kier alpha value is -0.320. The molecule has 0 spiro atoms. The summed E-state index contributed by atoms with van der Waals surface area (Å²) in [6.45, 7) is 4.29. The normalized spacial score (nSPS) is 17.8. The molecule has 0 amide bonds. The van der Waals surface area contributed by atoms with E-state index in [1.807, 2.05) is 4.90 Å².